The summed E-state index contributed by atoms with van der Waals surface area (Å²) in [6.07, 6.45) is 5.24. The third kappa shape index (κ3) is 5.26. The molecule has 3 heterocycles. The lowest BCUT2D eigenvalue weighted by Crippen LogP contribution is -2.25. The number of aryl methyl sites for hydroxylation is 1. The van der Waals surface area contributed by atoms with Gasteiger partial charge in [-0.25, -0.2) is 0 Å². The molecule has 3 aromatic heterocycles. The molecule has 0 aliphatic carbocycles. The number of ether oxygens (including phenoxy) is 1. The van der Waals surface area contributed by atoms with E-state index in [1.807, 2.05) is 50.2 Å². The van der Waals surface area contributed by atoms with E-state index in [0.717, 1.165) is 16.9 Å². The molecule has 1 amide bonds. The Morgan fingerprint density at radius 2 is 1.91 bits per heavy atom. The molecule has 1 aromatic carbocycles. The molecule has 0 aliphatic rings. The fourth-order valence-corrected chi connectivity index (χ4v) is 3.58. The van der Waals surface area contributed by atoms with Gasteiger partial charge in [0.25, 0.3) is 11.5 Å². The molecule has 0 saturated carbocycles. The Bertz CT molecular complexity index is 1330. The predicted molar refractivity (Wildman–Crippen MR) is 127 cm³/mol. The predicted octanol–water partition coefficient (Wildman–Crippen LogP) is 3.87. The van der Waals surface area contributed by atoms with Crippen molar-refractivity contribution in [2.45, 2.75) is 40.0 Å². The molecule has 0 unspecified atom stereocenters. The Balaban J connectivity index is 1.54. The molecule has 0 saturated heterocycles. The second-order valence-corrected chi connectivity index (χ2v) is 8.16. The van der Waals surface area contributed by atoms with E-state index in [9.17, 15) is 9.59 Å². The molecule has 7 nitrogen and oxygen atoms in total. The molecule has 0 radical (unpaired) electrons. The lowest BCUT2D eigenvalue weighted by molar-refractivity contribution is 0.0950. The van der Waals surface area contributed by atoms with Gasteiger partial charge in [0.2, 0.25) is 0 Å². The number of rotatable bonds is 7. The van der Waals surface area contributed by atoms with Gasteiger partial charge in [0, 0.05) is 25.1 Å². The van der Waals surface area contributed by atoms with Crippen LogP contribution in [-0.2, 0) is 13.1 Å². The fourth-order valence-electron chi connectivity index (χ4n) is 3.58. The number of carbonyl (C=O) groups is 1. The van der Waals surface area contributed by atoms with Crippen molar-refractivity contribution in [1.82, 2.24) is 19.9 Å². The Kier molecular flexibility index (Phi) is 6.49. The Labute approximate surface area is 192 Å². The van der Waals surface area contributed by atoms with Crippen molar-refractivity contribution >= 4 is 16.8 Å². The first-order valence-corrected chi connectivity index (χ1v) is 10.8. The Hall–Kier alpha value is -4.00. The van der Waals surface area contributed by atoms with Gasteiger partial charge in [0.15, 0.2) is 0 Å². The number of carbonyl (C=O) groups excluding carboxylic acids is 1. The molecule has 168 valence electrons. The van der Waals surface area contributed by atoms with E-state index in [2.05, 4.69) is 15.3 Å². The van der Waals surface area contributed by atoms with E-state index < -0.39 is 0 Å². The van der Waals surface area contributed by atoms with Gasteiger partial charge < -0.3 is 14.6 Å². The highest BCUT2D eigenvalue weighted by Crippen LogP contribution is 2.16. The maximum Gasteiger partial charge on any atom is 0.260 e. The fraction of sp³-hybridized carbons (Fsp3) is 0.231. The highest BCUT2D eigenvalue weighted by atomic mass is 16.5. The summed E-state index contributed by atoms with van der Waals surface area (Å²) in [5.41, 5.74) is 3.20. The molecule has 1 N–H and O–H groups in total. The van der Waals surface area contributed by atoms with Crippen molar-refractivity contribution in [2.24, 2.45) is 0 Å². The number of amides is 1. The monoisotopic (exact) mass is 442 g/mol. The first-order valence-electron chi connectivity index (χ1n) is 10.8. The number of aromatic nitrogens is 3. The van der Waals surface area contributed by atoms with Gasteiger partial charge in [-0.3, -0.25) is 19.6 Å². The van der Waals surface area contributed by atoms with Crippen LogP contribution in [-0.4, -0.2) is 26.5 Å². The zero-order valence-electron chi connectivity index (χ0n) is 18.9. The van der Waals surface area contributed by atoms with Crippen LogP contribution < -0.4 is 15.6 Å². The number of fused-ring (bicyclic) bond motifs is 1. The third-order valence-electron chi connectivity index (χ3n) is 5.21. The minimum Gasteiger partial charge on any atom is -0.491 e. The molecule has 0 bridgehead atoms. The number of pyridine rings is 3. The van der Waals surface area contributed by atoms with Crippen molar-refractivity contribution in [3.05, 3.63) is 99.9 Å². The lowest BCUT2D eigenvalue weighted by atomic mass is 10.1. The molecule has 4 aromatic rings. The summed E-state index contributed by atoms with van der Waals surface area (Å²) in [5.74, 6) is 0.517. The average molecular weight is 443 g/mol. The minimum absolute atomic E-state index is 0.105. The van der Waals surface area contributed by atoms with E-state index in [-0.39, 0.29) is 17.6 Å². The normalized spacial score (nSPS) is 11.0. The first-order chi connectivity index (χ1) is 15.9. The number of hydrogen-bond acceptors (Lipinski definition) is 5. The summed E-state index contributed by atoms with van der Waals surface area (Å²) in [4.78, 5) is 34.5. The second kappa shape index (κ2) is 9.65. The number of hydrogen-bond donors (Lipinski definition) is 1. The zero-order chi connectivity index (χ0) is 23.4. The van der Waals surface area contributed by atoms with Gasteiger partial charge in [-0.2, -0.15) is 0 Å². The maximum atomic E-state index is 13.1. The van der Waals surface area contributed by atoms with E-state index in [1.54, 1.807) is 42.2 Å². The van der Waals surface area contributed by atoms with Crippen LogP contribution in [0.25, 0.3) is 10.9 Å². The maximum absolute atomic E-state index is 13.1. The van der Waals surface area contributed by atoms with Crippen LogP contribution >= 0.6 is 0 Å². The minimum atomic E-state index is -0.272. The molecule has 0 fully saturated rings. The molecule has 0 spiro atoms. The van der Waals surface area contributed by atoms with E-state index in [1.165, 1.54) is 0 Å². The van der Waals surface area contributed by atoms with Crippen molar-refractivity contribution in [2.75, 3.05) is 0 Å². The van der Waals surface area contributed by atoms with Crippen LogP contribution in [0.5, 0.6) is 5.75 Å². The third-order valence-corrected chi connectivity index (χ3v) is 5.21. The summed E-state index contributed by atoms with van der Waals surface area (Å²) in [6.45, 7) is 6.48. The quantitative estimate of drug-likeness (QED) is 0.470. The second-order valence-electron chi connectivity index (χ2n) is 8.16. The molecular weight excluding hydrogens is 416 g/mol. The lowest BCUT2D eigenvalue weighted by Gasteiger charge is -2.12. The van der Waals surface area contributed by atoms with Gasteiger partial charge in [-0.05, 0) is 62.2 Å². The molecule has 0 atom stereocenters. The van der Waals surface area contributed by atoms with E-state index in [4.69, 9.17) is 4.74 Å². The zero-order valence-corrected chi connectivity index (χ0v) is 18.9. The molecular formula is C26H26N4O3. The number of nitrogens with one attached hydrogen (secondary N) is 1. The standard InChI is InChI=1S/C26H26N4O3/c1-17(2)33-21-8-6-19(7-9-21)15-28-25(31)22-13-23-24(29-18(22)3)10-12-30(26(23)32)16-20-5-4-11-27-14-20/h4-14,17H,15-16H2,1-3H3,(H,28,31). The van der Waals surface area contributed by atoms with Gasteiger partial charge in [-0.1, -0.05) is 18.2 Å². The topological polar surface area (TPSA) is 86.1 Å². The summed E-state index contributed by atoms with van der Waals surface area (Å²) in [5, 5.41) is 3.33. The summed E-state index contributed by atoms with van der Waals surface area (Å²) in [6, 6.07) is 14.8. The number of benzene rings is 1. The summed E-state index contributed by atoms with van der Waals surface area (Å²) >= 11 is 0. The summed E-state index contributed by atoms with van der Waals surface area (Å²) < 4.78 is 7.24. The van der Waals surface area contributed by atoms with Crippen LogP contribution in [0.4, 0.5) is 0 Å². The van der Waals surface area contributed by atoms with Crippen molar-refractivity contribution in [1.29, 1.82) is 0 Å². The largest absolute Gasteiger partial charge is 0.491 e. The van der Waals surface area contributed by atoms with Crippen molar-refractivity contribution in [3.63, 3.8) is 0 Å². The molecule has 0 aliphatic heterocycles. The SMILES string of the molecule is Cc1nc2ccn(Cc3cccnc3)c(=O)c2cc1C(=O)NCc1ccc(OC(C)C)cc1. The number of nitrogens with zero attached hydrogens (tertiary/aromatic N) is 3. The average Bonchev–Trinajstić information content (AvgIpc) is 2.80. The van der Waals surface area contributed by atoms with E-state index >= 15 is 0 Å². The van der Waals surface area contributed by atoms with Crippen LogP contribution in [0.3, 0.4) is 0 Å². The molecule has 33 heavy (non-hydrogen) atoms. The van der Waals surface area contributed by atoms with Crippen molar-refractivity contribution < 1.29 is 9.53 Å². The smallest absolute Gasteiger partial charge is 0.260 e. The van der Waals surface area contributed by atoms with Gasteiger partial charge >= 0.3 is 0 Å². The van der Waals surface area contributed by atoms with Crippen LogP contribution in [0.1, 0.15) is 41.0 Å². The van der Waals surface area contributed by atoms with Crippen molar-refractivity contribution in [3.8, 4) is 5.75 Å². The van der Waals surface area contributed by atoms with Crippen LogP contribution in [0.2, 0.25) is 0 Å². The van der Waals surface area contributed by atoms with Crippen LogP contribution in [0, 0.1) is 6.92 Å². The van der Waals surface area contributed by atoms with Gasteiger partial charge in [0.1, 0.15) is 5.75 Å². The molecule has 7 heteroatoms. The highest BCUT2D eigenvalue weighted by Gasteiger charge is 2.14. The van der Waals surface area contributed by atoms with Gasteiger partial charge in [-0.15, -0.1) is 0 Å². The highest BCUT2D eigenvalue weighted by molar-refractivity contribution is 5.98. The van der Waals surface area contributed by atoms with Crippen LogP contribution in [0.15, 0.2) is 71.9 Å². The molecule has 4 rings (SSSR count). The Morgan fingerprint density at radius 3 is 2.61 bits per heavy atom. The van der Waals surface area contributed by atoms with Gasteiger partial charge in [0.05, 0.1) is 34.8 Å². The Morgan fingerprint density at radius 1 is 1.12 bits per heavy atom. The van der Waals surface area contributed by atoms with E-state index in [0.29, 0.717) is 35.2 Å². The first kappa shape index (κ1) is 22.2. The summed E-state index contributed by atoms with van der Waals surface area (Å²) in [7, 11) is 0.